The Balaban J connectivity index is 0.00000128. The van der Waals surface area contributed by atoms with E-state index in [9.17, 15) is 4.79 Å². The first-order valence-corrected chi connectivity index (χ1v) is 5.66. The van der Waals surface area contributed by atoms with Gasteiger partial charge in [0.2, 0.25) is 12.3 Å². The van der Waals surface area contributed by atoms with Crippen molar-refractivity contribution in [2.75, 3.05) is 0 Å². The summed E-state index contributed by atoms with van der Waals surface area (Å²) in [6.07, 6.45) is 3.86. The molecule has 2 rings (SSSR count). The molecule has 0 unspecified atom stereocenters. The molecule has 0 bridgehead atoms. The third-order valence-corrected chi connectivity index (χ3v) is 3.09. The number of halogens is 1. The van der Waals surface area contributed by atoms with Gasteiger partial charge in [-0.2, -0.15) is 4.57 Å². The molecule has 0 fully saturated rings. The highest BCUT2D eigenvalue weighted by Crippen LogP contribution is 2.08. The quantitative estimate of drug-likeness (QED) is 0.538. The topological polar surface area (TPSA) is 20.9 Å². The lowest BCUT2D eigenvalue weighted by atomic mass is 10.3. The molecular formula is C12H12BrNOS. The van der Waals surface area contributed by atoms with Gasteiger partial charge in [-0.05, 0) is 23.9 Å². The average molecular weight is 298 g/mol. The molecule has 0 atom stereocenters. The third kappa shape index (κ3) is 3.25. The van der Waals surface area contributed by atoms with Gasteiger partial charge in [0.05, 0.1) is 4.88 Å². The van der Waals surface area contributed by atoms with Crippen LogP contribution in [0.25, 0.3) is 0 Å². The Labute approximate surface area is 109 Å². The summed E-state index contributed by atoms with van der Waals surface area (Å²) in [4.78, 5) is 12.6. The van der Waals surface area contributed by atoms with Crippen LogP contribution >= 0.6 is 11.3 Å². The Hall–Kier alpha value is -1.00. The Morgan fingerprint density at radius 2 is 2.00 bits per heavy atom. The summed E-state index contributed by atoms with van der Waals surface area (Å²) in [5.41, 5.74) is 1.20. The van der Waals surface area contributed by atoms with E-state index in [-0.39, 0.29) is 22.8 Å². The van der Waals surface area contributed by atoms with Crippen molar-refractivity contribution >= 4 is 17.1 Å². The van der Waals surface area contributed by atoms with Crippen LogP contribution in [0.5, 0.6) is 0 Å². The van der Waals surface area contributed by atoms with Crippen molar-refractivity contribution in [3.63, 3.8) is 0 Å². The maximum Gasteiger partial charge on any atom is 0.237 e. The van der Waals surface area contributed by atoms with E-state index >= 15 is 0 Å². The molecule has 2 nitrogen and oxygen atoms in total. The Morgan fingerprint density at radius 1 is 1.31 bits per heavy atom. The molecule has 0 aliphatic carbocycles. The Morgan fingerprint density at radius 3 is 2.56 bits per heavy atom. The first kappa shape index (κ1) is 13.1. The van der Waals surface area contributed by atoms with Crippen LogP contribution in [0.1, 0.15) is 15.2 Å². The number of pyridine rings is 1. The van der Waals surface area contributed by atoms with Crippen molar-refractivity contribution in [3.05, 3.63) is 52.5 Å². The molecule has 2 aromatic rings. The zero-order valence-electron chi connectivity index (χ0n) is 8.89. The number of nitrogens with zero attached hydrogens (tertiary/aromatic N) is 1. The predicted molar refractivity (Wildman–Crippen MR) is 60.0 cm³/mol. The van der Waals surface area contributed by atoms with E-state index in [1.54, 1.807) is 0 Å². The average Bonchev–Trinajstić information content (AvgIpc) is 2.74. The summed E-state index contributed by atoms with van der Waals surface area (Å²) >= 11 is 1.49. The molecule has 2 heterocycles. The molecule has 0 saturated carbocycles. The standard InChI is InChI=1S/C12H12NOS.BrH/c1-10-4-6-13(7-5-10)9-11(14)12-3-2-8-15-12;/h2-8H,9H2,1H3;1H/q+1;/p-1. The van der Waals surface area contributed by atoms with E-state index < -0.39 is 0 Å². The lowest BCUT2D eigenvalue weighted by Crippen LogP contribution is -3.00. The Kier molecular flexibility index (Phi) is 4.83. The van der Waals surface area contributed by atoms with Crippen molar-refractivity contribution in [2.24, 2.45) is 0 Å². The van der Waals surface area contributed by atoms with Crippen LogP contribution in [0, 0.1) is 6.92 Å². The number of aromatic nitrogens is 1. The van der Waals surface area contributed by atoms with Gasteiger partial charge >= 0.3 is 0 Å². The number of Topliss-reactive ketones (excluding diaryl/α,β-unsaturated/α-hetero) is 1. The third-order valence-electron chi connectivity index (χ3n) is 2.18. The fraction of sp³-hybridized carbons (Fsp3) is 0.167. The number of aryl methyl sites for hydroxylation is 1. The lowest BCUT2D eigenvalue weighted by Gasteiger charge is -1.95. The second-order valence-electron chi connectivity index (χ2n) is 3.45. The van der Waals surface area contributed by atoms with E-state index in [0.29, 0.717) is 6.54 Å². The smallest absolute Gasteiger partial charge is 0.237 e. The molecule has 4 heteroatoms. The van der Waals surface area contributed by atoms with Gasteiger partial charge in [-0.1, -0.05) is 6.07 Å². The largest absolute Gasteiger partial charge is 1.00 e. The highest BCUT2D eigenvalue weighted by atomic mass is 79.9. The van der Waals surface area contributed by atoms with Gasteiger partial charge < -0.3 is 17.0 Å². The summed E-state index contributed by atoms with van der Waals surface area (Å²) in [5.74, 6) is 0.166. The molecule has 0 saturated heterocycles. The molecular weight excluding hydrogens is 286 g/mol. The van der Waals surface area contributed by atoms with Crippen molar-refractivity contribution in [1.82, 2.24) is 0 Å². The first-order chi connectivity index (χ1) is 7.25. The van der Waals surface area contributed by atoms with Crippen LogP contribution in [0.2, 0.25) is 0 Å². The van der Waals surface area contributed by atoms with Gasteiger partial charge in [0, 0.05) is 12.1 Å². The van der Waals surface area contributed by atoms with Crippen molar-refractivity contribution < 1.29 is 26.3 Å². The number of hydrogen-bond acceptors (Lipinski definition) is 2. The molecule has 0 aromatic carbocycles. The molecule has 0 N–H and O–H groups in total. The van der Waals surface area contributed by atoms with Gasteiger partial charge in [-0.25, -0.2) is 0 Å². The van der Waals surface area contributed by atoms with E-state index in [0.717, 1.165) is 4.88 Å². The van der Waals surface area contributed by atoms with Gasteiger partial charge in [0.25, 0.3) is 0 Å². The molecule has 0 aliphatic rings. The molecule has 0 amide bonds. The van der Waals surface area contributed by atoms with Crippen LogP contribution < -0.4 is 21.5 Å². The summed E-state index contributed by atoms with van der Waals surface area (Å²) < 4.78 is 1.90. The molecule has 2 aromatic heterocycles. The number of thiophene rings is 1. The van der Waals surface area contributed by atoms with Crippen LogP contribution in [-0.2, 0) is 6.54 Å². The van der Waals surface area contributed by atoms with Crippen LogP contribution in [0.3, 0.4) is 0 Å². The van der Waals surface area contributed by atoms with Gasteiger partial charge in [0.1, 0.15) is 0 Å². The normalized spacial score (nSPS) is 9.56. The Bertz CT molecular complexity index is 450. The second-order valence-corrected chi connectivity index (χ2v) is 4.40. The highest BCUT2D eigenvalue weighted by Gasteiger charge is 2.12. The van der Waals surface area contributed by atoms with Crippen molar-refractivity contribution in [3.8, 4) is 0 Å². The number of hydrogen-bond donors (Lipinski definition) is 0. The first-order valence-electron chi connectivity index (χ1n) is 4.78. The summed E-state index contributed by atoms with van der Waals surface area (Å²) in [5, 5.41) is 1.92. The van der Waals surface area contributed by atoms with Crippen molar-refractivity contribution in [1.29, 1.82) is 0 Å². The highest BCUT2D eigenvalue weighted by molar-refractivity contribution is 7.12. The molecule has 0 spiro atoms. The fourth-order valence-electron chi connectivity index (χ4n) is 1.32. The van der Waals surface area contributed by atoms with Crippen LogP contribution in [0.4, 0.5) is 0 Å². The maximum atomic E-state index is 11.7. The second kappa shape index (κ2) is 5.92. The molecule has 0 radical (unpaired) electrons. The van der Waals surface area contributed by atoms with Gasteiger partial charge in [-0.15, -0.1) is 11.3 Å². The number of carbonyl (C=O) groups is 1. The molecule has 0 aliphatic heterocycles. The van der Waals surface area contributed by atoms with Crippen LogP contribution in [0.15, 0.2) is 42.0 Å². The van der Waals surface area contributed by atoms with E-state index in [1.165, 1.54) is 16.9 Å². The predicted octanol–water partition coefficient (Wildman–Crippen LogP) is -0.769. The molecule has 84 valence electrons. The number of carbonyl (C=O) groups excluding carboxylic acids is 1. The van der Waals surface area contributed by atoms with Crippen molar-refractivity contribution in [2.45, 2.75) is 13.5 Å². The molecule has 16 heavy (non-hydrogen) atoms. The zero-order valence-corrected chi connectivity index (χ0v) is 11.3. The minimum Gasteiger partial charge on any atom is -1.00 e. The monoisotopic (exact) mass is 297 g/mol. The van der Waals surface area contributed by atoms with E-state index in [2.05, 4.69) is 0 Å². The fourth-order valence-corrected chi connectivity index (χ4v) is 1.98. The maximum absolute atomic E-state index is 11.7. The van der Waals surface area contributed by atoms with Gasteiger partial charge in [0.15, 0.2) is 12.4 Å². The minimum atomic E-state index is 0. The number of ketones is 1. The summed E-state index contributed by atoms with van der Waals surface area (Å²) in [6, 6.07) is 7.77. The van der Waals surface area contributed by atoms with Gasteiger partial charge in [-0.3, -0.25) is 4.79 Å². The SMILES string of the molecule is Cc1cc[n+](CC(=O)c2cccs2)cc1.[Br-]. The lowest BCUT2D eigenvalue weighted by molar-refractivity contribution is -0.683. The van der Waals surface area contributed by atoms with E-state index in [1.807, 2.05) is 53.5 Å². The zero-order chi connectivity index (χ0) is 10.7. The summed E-state index contributed by atoms with van der Waals surface area (Å²) in [7, 11) is 0. The van der Waals surface area contributed by atoms with Crippen LogP contribution in [-0.4, -0.2) is 5.78 Å². The van der Waals surface area contributed by atoms with E-state index in [4.69, 9.17) is 0 Å². The minimum absolute atomic E-state index is 0. The number of rotatable bonds is 3. The summed E-state index contributed by atoms with van der Waals surface area (Å²) in [6.45, 7) is 2.45.